The maximum atomic E-state index is 11.9. The number of hydrogen-bond acceptors (Lipinski definition) is 5. The number of ether oxygens (including phenoxy) is 3. The van der Waals surface area contributed by atoms with Crippen LogP contribution in [0.4, 0.5) is 0 Å². The van der Waals surface area contributed by atoms with Crippen molar-refractivity contribution < 1.29 is 19.0 Å². The summed E-state index contributed by atoms with van der Waals surface area (Å²) < 4.78 is 17.2. The van der Waals surface area contributed by atoms with Crippen molar-refractivity contribution in [3.63, 3.8) is 0 Å². The van der Waals surface area contributed by atoms with Gasteiger partial charge in [-0.3, -0.25) is 9.69 Å². The van der Waals surface area contributed by atoms with Gasteiger partial charge in [-0.05, 0) is 48.2 Å². The predicted octanol–water partition coefficient (Wildman–Crippen LogP) is 3.84. The monoisotopic (exact) mass is 399 g/mol. The minimum Gasteiger partial charge on any atom is -0.458 e. The second kappa shape index (κ2) is 6.36. The third-order valence-electron chi connectivity index (χ3n) is 6.56. The van der Waals surface area contributed by atoms with E-state index in [0.717, 1.165) is 37.4 Å². The van der Waals surface area contributed by atoms with Crippen molar-refractivity contribution >= 4 is 14.0 Å². The number of carbonyl (C=O) groups is 1. The summed E-state index contributed by atoms with van der Waals surface area (Å²) in [6, 6.07) is 4.85. The van der Waals surface area contributed by atoms with E-state index < -0.39 is 8.07 Å². The zero-order valence-corrected chi connectivity index (χ0v) is 18.2. The van der Waals surface area contributed by atoms with Gasteiger partial charge in [-0.1, -0.05) is 25.3 Å². The van der Waals surface area contributed by atoms with Crippen molar-refractivity contribution in [2.24, 2.45) is 5.92 Å². The van der Waals surface area contributed by atoms with Crippen molar-refractivity contribution in [3.05, 3.63) is 34.5 Å². The second-order valence-corrected chi connectivity index (χ2v) is 14.7. The van der Waals surface area contributed by atoms with E-state index in [-0.39, 0.29) is 12.1 Å². The van der Waals surface area contributed by atoms with E-state index in [1.54, 1.807) is 0 Å². The number of fused-ring (bicyclic) bond motifs is 3. The van der Waals surface area contributed by atoms with Crippen molar-refractivity contribution in [1.29, 1.82) is 0 Å². The molecular formula is C22H29NO4Si. The van der Waals surface area contributed by atoms with Crippen LogP contribution in [-0.2, 0) is 16.1 Å². The van der Waals surface area contributed by atoms with Crippen LogP contribution in [0.15, 0.2) is 23.4 Å². The molecule has 0 bridgehead atoms. The van der Waals surface area contributed by atoms with E-state index in [9.17, 15) is 4.79 Å². The van der Waals surface area contributed by atoms with Gasteiger partial charge in [0.25, 0.3) is 0 Å². The third kappa shape index (κ3) is 2.97. The molecule has 3 heterocycles. The molecule has 1 aliphatic carbocycles. The molecule has 1 saturated heterocycles. The molecular weight excluding hydrogens is 370 g/mol. The highest BCUT2D eigenvalue weighted by Crippen LogP contribution is 2.53. The first kappa shape index (κ1) is 18.2. The van der Waals surface area contributed by atoms with Crippen molar-refractivity contribution in [1.82, 2.24) is 4.90 Å². The average Bonchev–Trinajstić information content (AvgIpc) is 3.22. The van der Waals surface area contributed by atoms with Gasteiger partial charge in [-0.25, -0.2) is 0 Å². The van der Waals surface area contributed by atoms with Gasteiger partial charge in [-0.2, -0.15) is 0 Å². The molecule has 28 heavy (non-hydrogen) atoms. The highest BCUT2D eigenvalue weighted by atomic mass is 28.3. The van der Waals surface area contributed by atoms with Gasteiger partial charge in [0.1, 0.15) is 6.10 Å². The lowest BCUT2D eigenvalue weighted by Gasteiger charge is -2.47. The molecule has 0 radical (unpaired) electrons. The van der Waals surface area contributed by atoms with E-state index in [0.29, 0.717) is 24.7 Å². The molecule has 0 aromatic heterocycles. The number of nitrogens with zero attached hydrogens (tertiary/aromatic N) is 1. The number of esters is 1. The number of benzene rings is 1. The molecule has 0 unspecified atom stereocenters. The van der Waals surface area contributed by atoms with Crippen LogP contribution < -0.4 is 9.47 Å². The standard InChI is InChI=1S/C22H29NO4Si/c1-13(24)27-19-9-17-16-8-21-20(25-12-26-21)7-14(16)10-23-6-5-15(22(17)23)18(19)11-28(2,3)4/h7-8,11,15,17,19,22H,5-6,9-10,12H2,1-4H3/b18-11-/t15-,17+,19+,22-/m0/s1. The van der Waals surface area contributed by atoms with Crippen LogP contribution in [0, 0.1) is 5.92 Å². The summed E-state index contributed by atoms with van der Waals surface area (Å²) in [4.78, 5) is 14.5. The molecule has 4 atom stereocenters. The van der Waals surface area contributed by atoms with Crippen molar-refractivity contribution in [2.45, 2.75) is 64.0 Å². The maximum absolute atomic E-state index is 11.9. The normalized spacial score (nSPS) is 32.2. The van der Waals surface area contributed by atoms with Gasteiger partial charge in [-0.15, -0.1) is 0 Å². The SMILES string of the molecule is CC(=O)O[C@@H]1C[C@@H]2c3cc4c(cc3CN3CC[C@@H](/C1=C/[Si](C)(C)C)[C@@H]23)OCO4. The van der Waals surface area contributed by atoms with Crippen LogP contribution in [-0.4, -0.2) is 44.4 Å². The van der Waals surface area contributed by atoms with Gasteiger partial charge in [0.05, 0.1) is 8.07 Å². The van der Waals surface area contributed by atoms with Gasteiger partial charge in [0.2, 0.25) is 6.79 Å². The fourth-order valence-corrected chi connectivity index (χ4v) is 7.14. The van der Waals surface area contributed by atoms with Crippen LogP contribution in [0.2, 0.25) is 19.6 Å². The Kier molecular flexibility index (Phi) is 4.14. The lowest BCUT2D eigenvalue weighted by atomic mass is 9.68. The lowest BCUT2D eigenvalue weighted by Crippen LogP contribution is -2.48. The van der Waals surface area contributed by atoms with Crippen LogP contribution in [0.5, 0.6) is 11.5 Å². The molecule has 3 aliphatic heterocycles. The largest absolute Gasteiger partial charge is 0.458 e. The Hall–Kier alpha value is -1.79. The Balaban J connectivity index is 1.59. The molecule has 5 rings (SSSR count). The number of carbonyl (C=O) groups excluding carboxylic acids is 1. The molecule has 1 aromatic rings. The fraction of sp³-hybridized carbons (Fsp3) is 0.591. The summed E-state index contributed by atoms with van der Waals surface area (Å²) >= 11 is 0. The van der Waals surface area contributed by atoms with Gasteiger partial charge in [0, 0.05) is 31.3 Å². The zero-order chi connectivity index (χ0) is 19.6. The summed E-state index contributed by atoms with van der Waals surface area (Å²) in [6.45, 7) is 11.0. The molecule has 1 aromatic carbocycles. The molecule has 0 amide bonds. The first-order chi connectivity index (χ1) is 13.3. The smallest absolute Gasteiger partial charge is 0.303 e. The Morgan fingerprint density at radius 1 is 1.21 bits per heavy atom. The predicted molar refractivity (Wildman–Crippen MR) is 109 cm³/mol. The molecule has 150 valence electrons. The molecule has 1 saturated carbocycles. The summed E-state index contributed by atoms with van der Waals surface area (Å²) in [7, 11) is -1.43. The van der Waals surface area contributed by atoms with E-state index in [4.69, 9.17) is 14.2 Å². The second-order valence-electron chi connectivity index (χ2n) is 9.71. The van der Waals surface area contributed by atoms with E-state index >= 15 is 0 Å². The van der Waals surface area contributed by atoms with Crippen LogP contribution in [0.25, 0.3) is 0 Å². The number of rotatable bonds is 2. The van der Waals surface area contributed by atoms with E-state index in [1.165, 1.54) is 23.6 Å². The summed E-state index contributed by atoms with van der Waals surface area (Å²) in [5.41, 5.74) is 6.59. The third-order valence-corrected chi connectivity index (χ3v) is 7.76. The fourth-order valence-electron chi connectivity index (χ4n) is 5.74. The quantitative estimate of drug-likeness (QED) is 0.559. The van der Waals surface area contributed by atoms with Crippen molar-refractivity contribution in [2.75, 3.05) is 13.3 Å². The topological polar surface area (TPSA) is 48.0 Å². The van der Waals surface area contributed by atoms with Crippen LogP contribution in [0.3, 0.4) is 0 Å². The minimum absolute atomic E-state index is 0.105. The maximum Gasteiger partial charge on any atom is 0.303 e. The lowest BCUT2D eigenvalue weighted by molar-refractivity contribution is -0.146. The zero-order valence-electron chi connectivity index (χ0n) is 17.2. The Morgan fingerprint density at radius 2 is 1.96 bits per heavy atom. The average molecular weight is 400 g/mol. The highest BCUT2D eigenvalue weighted by Gasteiger charge is 2.51. The summed E-state index contributed by atoms with van der Waals surface area (Å²) in [6.07, 6.45) is 1.91. The first-order valence-electron chi connectivity index (χ1n) is 10.4. The van der Waals surface area contributed by atoms with Crippen molar-refractivity contribution in [3.8, 4) is 11.5 Å². The molecule has 0 spiro atoms. The Bertz CT molecular complexity index is 859. The Morgan fingerprint density at radius 3 is 2.68 bits per heavy atom. The van der Waals surface area contributed by atoms with Crippen LogP contribution >= 0.6 is 0 Å². The first-order valence-corrected chi connectivity index (χ1v) is 13.9. The molecule has 2 fully saturated rings. The minimum atomic E-state index is -1.43. The molecule has 6 heteroatoms. The molecule has 0 N–H and O–H groups in total. The van der Waals surface area contributed by atoms with Crippen LogP contribution in [0.1, 0.15) is 36.8 Å². The summed E-state index contributed by atoms with van der Waals surface area (Å²) in [5.74, 6) is 2.39. The van der Waals surface area contributed by atoms with E-state index in [1.807, 2.05) is 0 Å². The highest BCUT2D eigenvalue weighted by molar-refractivity contribution is 6.81. The number of hydrogen-bond donors (Lipinski definition) is 0. The van der Waals surface area contributed by atoms with E-state index in [2.05, 4.69) is 42.4 Å². The summed E-state index contributed by atoms with van der Waals surface area (Å²) in [5, 5.41) is 0. The Labute approximate surface area is 167 Å². The van der Waals surface area contributed by atoms with Gasteiger partial charge in [0.15, 0.2) is 11.5 Å². The van der Waals surface area contributed by atoms with Gasteiger partial charge < -0.3 is 14.2 Å². The molecule has 4 aliphatic rings. The van der Waals surface area contributed by atoms with Gasteiger partial charge >= 0.3 is 5.97 Å². The molecule has 5 nitrogen and oxygen atoms in total.